The molecule has 2 unspecified atom stereocenters. The van der Waals surface area contributed by atoms with Gasteiger partial charge in [-0.3, -0.25) is 0 Å². The zero-order valence-corrected chi connectivity index (χ0v) is 31.7. The van der Waals surface area contributed by atoms with E-state index in [1.54, 1.807) is 0 Å². The number of ether oxygens (including phenoxy) is 4. The van der Waals surface area contributed by atoms with Crippen molar-refractivity contribution in [1.82, 2.24) is 10.6 Å². The molecular formula is C42H64N2O6. The Morgan fingerprint density at radius 3 is 1.36 bits per heavy atom. The fourth-order valence-corrected chi connectivity index (χ4v) is 7.61. The Morgan fingerprint density at radius 2 is 1.00 bits per heavy atom. The van der Waals surface area contributed by atoms with Crippen molar-refractivity contribution in [2.24, 2.45) is 0 Å². The maximum Gasteiger partial charge on any atom is 0.417 e. The van der Waals surface area contributed by atoms with Crippen LogP contribution in [0.3, 0.4) is 0 Å². The van der Waals surface area contributed by atoms with E-state index in [-0.39, 0.29) is 24.3 Å². The van der Waals surface area contributed by atoms with E-state index in [1.165, 1.54) is 36.8 Å². The first-order chi connectivity index (χ1) is 24.0. The molecule has 2 aromatic rings. The summed E-state index contributed by atoms with van der Waals surface area (Å²) in [5.41, 5.74) is 2.06. The molecule has 2 aromatic carbocycles. The molecule has 0 amide bonds. The SMILES string of the molecule is CCCC(C)(C)NCC(COc1ccccc1C1CCCC1)OC(=O)C(=O)OC(CNC(C)(C)CCC)COc1ccccc1C1CCCC1. The van der Waals surface area contributed by atoms with Crippen LogP contribution >= 0.6 is 0 Å². The fourth-order valence-electron chi connectivity index (χ4n) is 7.61. The lowest BCUT2D eigenvalue weighted by Gasteiger charge is -2.30. The largest absolute Gasteiger partial charge is 0.489 e. The second-order valence-corrected chi connectivity index (χ2v) is 15.7. The average Bonchev–Trinajstić information content (AvgIpc) is 3.83. The molecule has 0 saturated heterocycles. The predicted octanol–water partition coefficient (Wildman–Crippen LogP) is 8.62. The molecule has 8 heteroatoms. The highest BCUT2D eigenvalue weighted by molar-refractivity contribution is 6.29. The second-order valence-electron chi connectivity index (χ2n) is 15.7. The van der Waals surface area contributed by atoms with Gasteiger partial charge in [-0.15, -0.1) is 0 Å². The van der Waals surface area contributed by atoms with E-state index in [1.807, 2.05) is 24.3 Å². The van der Waals surface area contributed by atoms with E-state index in [0.717, 1.165) is 62.9 Å². The number of hydrogen-bond acceptors (Lipinski definition) is 8. The van der Waals surface area contributed by atoms with Crippen molar-refractivity contribution in [2.45, 2.75) is 154 Å². The van der Waals surface area contributed by atoms with Crippen LogP contribution < -0.4 is 20.1 Å². The van der Waals surface area contributed by atoms with E-state index in [4.69, 9.17) is 18.9 Å². The molecule has 2 saturated carbocycles. The molecule has 0 aromatic heterocycles. The number of esters is 2. The molecule has 0 heterocycles. The number of nitrogens with one attached hydrogen (secondary N) is 2. The molecule has 0 aliphatic heterocycles. The molecule has 278 valence electrons. The zero-order chi connectivity index (χ0) is 36.0. The number of carbonyl (C=O) groups excluding carboxylic acids is 2. The summed E-state index contributed by atoms with van der Waals surface area (Å²) in [6.07, 6.45) is 12.0. The molecule has 0 radical (unpaired) electrons. The van der Waals surface area contributed by atoms with Crippen LogP contribution in [0.15, 0.2) is 48.5 Å². The summed E-state index contributed by atoms with van der Waals surface area (Å²) in [7, 11) is 0. The quantitative estimate of drug-likeness (QED) is 0.105. The van der Waals surface area contributed by atoms with Gasteiger partial charge in [0.15, 0.2) is 0 Å². The van der Waals surface area contributed by atoms with Gasteiger partial charge in [0.1, 0.15) is 36.9 Å². The molecule has 2 fully saturated rings. The lowest BCUT2D eigenvalue weighted by Crippen LogP contribution is -2.48. The van der Waals surface area contributed by atoms with Gasteiger partial charge >= 0.3 is 11.9 Å². The summed E-state index contributed by atoms with van der Waals surface area (Å²) >= 11 is 0. The summed E-state index contributed by atoms with van der Waals surface area (Å²) in [5, 5.41) is 7.05. The molecule has 2 aliphatic rings. The topological polar surface area (TPSA) is 95.1 Å². The van der Waals surface area contributed by atoms with Gasteiger partial charge in [0.2, 0.25) is 0 Å². The van der Waals surface area contributed by atoms with Crippen LogP contribution in [0.25, 0.3) is 0 Å². The Kier molecular flexibility index (Phi) is 15.5. The van der Waals surface area contributed by atoms with Gasteiger partial charge in [-0.2, -0.15) is 0 Å². The summed E-state index contributed by atoms with van der Waals surface area (Å²) in [5.74, 6) is 0.523. The fraction of sp³-hybridized carbons (Fsp3) is 0.667. The monoisotopic (exact) mass is 692 g/mol. The molecule has 2 atom stereocenters. The van der Waals surface area contributed by atoms with Crippen LogP contribution in [0.5, 0.6) is 11.5 Å². The third-order valence-corrected chi connectivity index (χ3v) is 10.4. The summed E-state index contributed by atoms with van der Waals surface area (Å²) in [4.78, 5) is 26.8. The third-order valence-electron chi connectivity index (χ3n) is 10.4. The Bertz CT molecular complexity index is 1230. The first kappa shape index (κ1) is 39.7. The Labute approximate surface area is 301 Å². The van der Waals surface area contributed by atoms with Gasteiger partial charge < -0.3 is 29.6 Å². The maximum absolute atomic E-state index is 13.4. The van der Waals surface area contributed by atoms with Gasteiger partial charge in [-0.1, -0.05) is 88.8 Å². The summed E-state index contributed by atoms with van der Waals surface area (Å²) in [6, 6.07) is 16.3. The van der Waals surface area contributed by atoms with Crippen LogP contribution in [0, 0.1) is 0 Å². The number of benzene rings is 2. The molecule has 2 aliphatic carbocycles. The minimum atomic E-state index is -1.03. The van der Waals surface area contributed by atoms with Crippen molar-refractivity contribution >= 4 is 11.9 Å². The lowest BCUT2D eigenvalue weighted by atomic mass is 9.97. The van der Waals surface area contributed by atoms with Gasteiger partial charge in [-0.05, 0) is 101 Å². The van der Waals surface area contributed by atoms with E-state index in [2.05, 4.69) is 76.4 Å². The van der Waals surface area contributed by atoms with Gasteiger partial charge in [0.05, 0.1) is 0 Å². The van der Waals surface area contributed by atoms with Gasteiger partial charge in [0.25, 0.3) is 0 Å². The average molecular weight is 693 g/mol. The number of hydrogen-bond donors (Lipinski definition) is 2. The zero-order valence-electron chi connectivity index (χ0n) is 31.7. The van der Waals surface area contributed by atoms with Crippen molar-refractivity contribution in [3.05, 3.63) is 59.7 Å². The van der Waals surface area contributed by atoms with Crippen molar-refractivity contribution in [3.63, 3.8) is 0 Å². The van der Waals surface area contributed by atoms with Crippen molar-refractivity contribution < 1.29 is 28.5 Å². The van der Waals surface area contributed by atoms with Crippen LogP contribution in [-0.2, 0) is 19.1 Å². The van der Waals surface area contributed by atoms with Crippen LogP contribution in [0.4, 0.5) is 0 Å². The van der Waals surface area contributed by atoms with E-state index < -0.39 is 24.1 Å². The van der Waals surface area contributed by atoms with Crippen LogP contribution in [0.1, 0.15) is 142 Å². The smallest absolute Gasteiger partial charge is 0.417 e. The first-order valence-corrected chi connectivity index (χ1v) is 19.3. The number of rotatable bonds is 20. The number of carbonyl (C=O) groups is 2. The summed E-state index contributed by atoms with van der Waals surface area (Å²) in [6.45, 7) is 13.7. The van der Waals surface area contributed by atoms with Crippen molar-refractivity contribution in [1.29, 1.82) is 0 Å². The molecule has 8 nitrogen and oxygen atoms in total. The highest BCUT2D eigenvalue weighted by atomic mass is 16.6. The minimum Gasteiger partial charge on any atom is -0.489 e. The minimum absolute atomic E-state index is 0.120. The highest BCUT2D eigenvalue weighted by Crippen LogP contribution is 2.39. The number of para-hydroxylation sites is 2. The Balaban J connectivity index is 1.44. The Morgan fingerprint density at radius 1 is 0.640 bits per heavy atom. The summed E-state index contributed by atoms with van der Waals surface area (Å²) < 4.78 is 24.4. The molecule has 0 bridgehead atoms. The molecule has 2 N–H and O–H groups in total. The van der Waals surface area contributed by atoms with Crippen molar-refractivity contribution in [2.75, 3.05) is 26.3 Å². The van der Waals surface area contributed by atoms with Crippen LogP contribution in [-0.4, -0.2) is 61.5 Å². The highest BCUT2D eigenvalue weighted by Gasteiger charge is 2.30. The third kappa shape index (κ3) is 12.6. The second kappa shape index (κ2) is 19.5. The molecule has 50 heavy (non-hydrogen) atoms. The van der Waals surface area contributed by atoms with Gasteiger partial charge in [0, 0.05) is 24.2 Å². The van der Waals surface area contributed by atoms with Crippen LogP contribution in [0.2, 0.25) is 0 Å². The molecular weight excluding hydrogens is 628 g/mol. The normalized spacial score (nSPS) is 17.0. The lowest BCUT2D eigenvalue weighted by molar-refractivity contribution is -0.175. The van der Waals surface area contributed by atoms with Crippen molar-refractivity contribution in [3.8, 4) is 11.5 Å². The standard InChI is InChI=1S/C42H64N2O6/c1-7-25-41(3,4)43-27-33(29-47-37-23-15-13-21-35(37)31-17-9-10-18-31)49-39(45)40(46)50-34(28-44-42(5,6)26-8-2)30-48-38-24-16-14-22-36(38)32-19-11-12-20-32/h13-16,21-24,31-34,43-44H,7-12,17-20,25-30H2,1-6H3. The van der Waals surface area contributed by atoms with E-state index in [0.29, 0.717) is 24.9 Å². The molecule has 4 rings (SSSR count). The Hall–Kier alpha value is -3.10. The molecule has 0 spiro atoms. The first-order valence-electron chi connectivity index (χ1n) is 19.3. The van der Waals surface area contributed by atoms with E-state index >= 15 is 0 Å². The predicted molar refractivity (Wildman–Crippen MR) is 200 cm³/mol. The van der Waals surface area contributed by atoms with Gasteiger partial charge in [-0.25, -0.2) is 9.59 Å². The van der Waals surface area contributed by atoms with E-state index in [9.17, 15) is 9.59 Å². The maximum atomic E-state index is 13.4.